The molecule has 1 saturated heterocycles. The maximum atomic E-state index is 12.9. The van der Waals surface area contributed by atoms with Crippen LogP contribution < -0.4 is 0 Å². The monoisotopic (exact) mass is 342 g/mol. The Labute approximate surface area is 145 Å². The molecule has 0 unspecified atom stereocenters. The minimum absolute atomic E-state index is 0.0693. The first-order valence-electron chi connectivity index (χ1n) is 8.10. The first kappa shape index (κ1) is 17.0. The summed E-state index contributed by atoms with van der Waals surface area (Å²) in [6.07, 6.45) is 4.64. The Morgan fingerprint density at radius 3 is 2.28 bits per heavy atom. The molecule has 0 radical (unpaired) electrons. The average Bonchev–Trinajstić information content (AvgIpc) is 3.06. The summed E-state index contributed by atoms with van der Waals surface area (Å²) in [5.74, 6) is 0.110. The predicted molar refractivity (Wildman–Crippen MR) is 91.4 cm³/mol. The van der Waals surface area contributed by atoms with Gasteiger partial charge in [0.05, 0.1) is 11.8 Å². The summed E-state index contributed by atoms with van der Waals surface area (Å²) in [5, 5.41) is 0. The topological polar surface area (TPSA) is 53.8 Å². The lowest BCUT2D eigenvalue weighted by Gasteiger charge is -2.34. The molecule has 0 N–H and O–H groups in total. The summed E-state index contributed by atoms with van der Waals surface area (Å²) in [6, 6.07) is 7.60. The molecule has 2 aromatic rings. The number of hydrogen-bond acceptors (Lipinski definition) is 3. The Bertz CT molecular complexity index is 787. The fraction of sp³-hybridized carbons (Fsp3) is 0.263. The van der Waals surface area contributed by atoms with E-state index in [4.69, 9.17) is 4.42 Å². The summed E-state index contributed by atoms with van der Waals surface area (Å²) in [4.78, 5) is 28.1. The van der Waals surface area contributed by atoms with Crippen molar-refractivity contribution in [1.29, 1.82) is 0 Å². The van der Waals surface area contributed by atoms with E-state index in [0.717, 1.165) is 5.56 Å². The lowest BCUT2D eigenvalue weighted by molar-refractivity contribution is -0.127. The van der Waals surface area contributed by atoms with Crippen molar-refractivity contribution < 1.29 is 18.4 Å². The highest BCUT2D eigenvalue weighted by atomic mass is 19.1. The molecule has 130 valence electrons. The second-order valence-electron chi connectivity index (χ2n) is 5.89. The van der Waals surface area contributed by atoms with Crippen LogP contribution in [-0.2, 0) is 4.79 Å². The van der Waals surface area contributed by atoms with Crippen LogP contribution in [0.4, 0.5) is 4.39 Å². The first-order valence-corrected chi connectivity index (χ1v) is 8.10. The average molecular weight is 342 g/mol. The van der Waals surface area contributed by atoms with Gasteiger partial charge in [0.15, 0.2) is 0 Å². The summed E-state index contributed by atoms with van der Waals surface area (Å²) in [6.45, 7) is 3.69. The Kier molecular flexibility index (Phi) is 4.97. The normalized spacial score (nSPS) is 15.0. The van der Waals surface area contributed by atoms with Crippen LogP contribution in [0.25, 0.3) is 6.08 Å². The van der Waals surface area contributed by atoms with E-state index >= 15 is 0 Å². The zero-order valence-electron chi connectivity index (χ0n) is 13.9. The highest BCUT2D eigenvalue weighted by Gasteiger charge is 2.25. The molecule has 0 saturated carbocycles. The third-order valence-corrected chi connectivity index (χ3v) is 4.26. The Morgan fingerprint density at radius 2 is 1.68 bits per heavy atom. The van der Waals surface area contributed by atoms with E-state index in [-0.39, 0.29) is 17.6 Å². The largest absolute Gasteiger partial charge is 0.469 e. The number of piperazine rings is 1. The molecule has 0 spiro atoms. The van der Waals surface area contributed by atoms with Gasteiger partial charge in [0.2, 0.25) is 5.91 Å². The summed E-state index contributed by atoms with van der Waals surface area (Å²) < 4.78 is 18.0. The van der Waals surface area contributed by atoms with Crippen molar-refractivity contribution in [3.05, 3.63) is 65.4 Å². The van der Waals surface area contributed by atoms with Gasteiger partial charge in [-0.1, -0.05) is 12.1 Å². The molecule has 0 aliphatic carbocycles. The maximum Gasteiger partial charge on any atom is 0.257 e. The predicted octanol–water partition coefficient (Wildman–Crippen LogP) is 2.72. The van der Waals surface area contributed by atoms with Gasteiger partial charge in [-0.2, -0.15) is 0 Å². The smallest absolute Gasteiger partial charge is 0.257 e. The summed E-state index contributed by atoms with van der Waals surface area (Å²) >= 11 is 0. The molecule has 0 bridgehead atoms. The molecule has 0 atom stereocenters. The molecule has 2 amide bonds. The van der Waals surface area contributed by atoms with Crippen LogP contribution in [0.15, 0.2) is 47.1 Å². The van der Waals surface area contributed by atoms with E-state index in [1.165, 1.54) is 24.5 Å². The molecule has 1 fully saturated rings. The SMILES string of the molecule is Cc1occc1C(=O)N1CCN(C(=O)/C=C\c2ccc(F)cc2)CC1. The van der Waals surface area contributed by atoms with E-state index in [2.05, 4.69) is 0 Å². The van der Waals surface area contributed by atoms with E-state index in [9.17, 15) is 14.0 Å². The van der Waals surface area contributed by atoms with E-state index in [1.807, 2.05) is 0 Å². The lowest BCUT2D eigenvalue weighted by Crippen LogP contribution is -2.50. The van der Waals surface area contributed by atoms with Gasteiger partial charge < -0.3 is 14.2 Å². The van der Waals surface area contributed by atoms with Crippen molar-refractivity contribution in [3.8, 4) is 0 Å². The number of carbonyl (C=O) groups excluding carboxylic acids is 2. The van der Waals surface area contributed by atoms with Gasteiger partial charge in [0, 0.05) is 32.3 Å². The van der Waals surface area contributed by atoms with Crippen LogP contribution >= 0.6 is 0 Å². The highest BCUT2D eigenvalue weighted by molar-refractivity contribution is 5.95. The first-order chi connectivity index (χ1) is 12.0. The maximum absolute atomic E-state index is 12.9. The molecule has 1 aliphatic heterocycles. The van der Waals surface area contributed by atoms with Gasteiger partial charge in [0.1, 0.15) is 11.6 Å². The van der Waals surface area contributed by atoms with E-state index in [1.54, 1.807) is 41.0 Å². The highest BCUT2D eigenvalue weighted by Crippen LogP contribution is 2.14. The summed E-state index contributed by atoms with van der Waals surface area (Å²) in [7, 11) is 0. The van der Waals surface area contributed by atoms with Crippen LogP contribution in [0.2, 0.25) is 0 Å². The molecule has 3 rings (SSSR count). The van der Waals surface area contributed by atoms with Crippen molar-refractivity contribution in [2.75, 3.05) is 26.2 Å². The second kappa shape index (κ2) is 7.34. The third-order valence-electron chi connectivity index (χ3n) is 4.26. The minimum atomic E-state index is -0.308. The van der Waals surface area contributed by atoms with Gasteiger partial charge in [-0.15, -0.1) is 0 Å². The fourth-order valence-corrected chi connectivity index (χ4v) is 2.75. The van der Waals surface area contributed by atoms with Crippen molar-refractivity contribution in [2.45, 2.75) is 6.92 Å². The van der Waals surface area contributed by atoms with Crippen LogP contribution in [0, 0.1) is 12.7 Å². The number of amides is 2. The van der Waals surface area contributed by atoms with Crippen LogP contribution in [0.1, 0.15) is 21.7 Å². The van der Waals surface area contributed by atoms with Crippen molar-refractivity contribution in [1.82, 2.24) is 9.80 Å². The number of furan rings is 1. The third kappa shape index (κ3) is 3.96. The minimum Gasteiger partial charge on any atom is -0.469 e. The number of rotatable bonds is 3. The van der Waals surface area contributed by atoms with Crippen molar-refractivity contribution >= 4 is 17.9 Å². The van der Waals surface area contributed by atoms with Crippen molar-refractivity contribution in [2.24, 2.45) is 0 Å². The van der Waals surface area contributed by atoms with E-state index < -0.39 is 0 Å². The molecular weight excluding hydrogens is 323 g/mol. The number of hydrogen-bond donors (Lipinski definition) is 0. The van der Waals surface area contributed by atoms with Gasteiger partial charge in [-0.3, -0.25) is 9.59 Å². The van der Waals surface area contributed by atoms with Gasteiger partial charge in [-0.05, 0) is 36.8 Å². The number of nitrogens with zero attached hydrogens (tertiary/aromatic N) is 2. The van der Waals surface area contributed by atoms with Crippen molar-refractivity contribution in [3.63, 3.8) is 0 Å². The van der Waals surface area contributed by atoms with Crippen LogP contribution in [-0.4, -0.2) is 47.8 Å². The number of halogens is 1. The lowest BCUT2D eigenvalue weighted by atomic mass is 10.2. The second-order valence-corrected chi connectivity index (χ2v) is 5.89. The Hall–Kier alpha value is -2.89. The molecule has 2 heterocycles. The zero-order valence-corrected chi connectivity index (χ0v) is 13.9. The molecule has 5 nitrogen and oxygen atoms in total. The molecule has 6 heteroatoms. The molecule has 1 aromatic carbocycles. The van der Waals surface area contributed by atoms with E-state index in [0.29, 0.717) is 37.5 Å². The van der Waals surface area contributed by atoms with Gasteiger partial charge in [0.25, 0.3) is 5.91 Å². The fourth-order valence-electron chi connectivity index (χ4n) is 2.75. The quantitative estimate of drug-likeness (QED) is 0.806. The molecular formula is C19H19FN2O3. The molecule has 25 heavy (non-hydrogen) atoms. The number of carbonyl (C=O) groups is 2. The van der Waals surface area contributed by atoms with Gasteiger partial charge >= 0.3 is 0 Å². The Morgan fingerprint density at radius 1 is 1.04 bits per heavy atom. The van der Waals surface area contributed by atoms with Gasteiger partial charge in [-0.25, -0.2) is 4.39 Å². The zero-order chi connectivity index (χ0) is 17.8. The van der Waals surface area contributed by atoms with Crippen LogP contribution in [0.3, 0.4) is 0 Å². The molecule has 1 aliphatic rings. The number of aryl methyl sites for hydroxylation is 1. The Balaban J connectivity index is 1.55. The number of benzene rings is 1. The standard InChI is InChI=1S/C19H19FN2O3/c1-14-17(8-13-25-14)19(24)22-11-9-21(10-12-22)18(23)7-4-15-2-5-16(20)6-3-15/h2-8,13H,9-12H2,1H3/b7-4-. The molecule has 1 aromatic heterocycles. The van der Waals surface area contributed by atoms with Crippen LogP contribution in [0.5, 0.6) is 0 Å². The summed E-state index contributed by atoms with van der Waals surface area (Å²) in [5.41, 5.74) is 1.33.